The Balaban J connectivity index is 1.40. The van der Waals surface area contributed by atoms with Crippen molar-refractivity contribution < 1.29 is 9.53 Å². The van der Waals surface area contributed by atoms with Crippen LogP contribution in [-0.2, 0) is 11.2 Å². The first-order valence-corrected chi connectivity index (χ1v) is 9.51. The number of hydrogen-bond donors (Lipinski definition) is 2. The van der Waals surface area contributed by atoms with Crippen LogP contribution in [0.3, 0.4) is 0 Å². The van der Waals surface area contributed by atoms with Crippen LogP contribution in [0.25, 0.3) is 0 Å². The third kappa shape index (κ3) is 4.68. The van der Waals surface area contributed by atoms with E-state index in [1.54, 1.807) is 11.3 Å². The van der Waals surface area contributed by atoms with Crippen molar-refractivity contribution in [2.45, 2.75) is 32.2 Å². The number of aryl methyl sites for hydroxylation is 1. The normalized spacial score (nSPS) is 23.1. The predicted octanol–water partition coefficient (Wildman–Crippen LogP) is 2.39. The zero-order valence-electron chi connectivity index (χ0n) is 13.8. The molecule has 6 heteroatoms. The second-order valence-corrected chi connectivity index (χ2v) is 7.62. The van der Waals surface area contributed by atoms with Crippen molar-refractivity contribution in [3.05, 3.63) is 21.9 Å². The van der Waals surface area contributed by atoms with Gasteiger partial charge in [0.1, 0.15) is 0 Å². The van der Waals surface area contributed by atoms with Crippen LogP contribution in [-0.4, -0.2) is 50.3 Å². The molecule has 2 N–H and O–H groups in total. The highest BCUT2D eigenvalue weighted by molar-refractivity contribution is 7.10. The number of carbonyl (C=O) groups excluding carboxylic acids is 1. The number of nitrogens with one attached hydrogen (secondary N) is 2. The van der Waals surface area contributed by atoms with E-state index in [1.807, 2.05) is 0 Å². The quantitative estimate of drug-likeness (QED) is 0.867. The zero-order chi connectivity index (χ0) is 16.1. The summed E-state index contributed by atoms with van der Waals surface area (Å²) < 4.78 is 5.37. The Labute approximate surface area is 142 Å². The molecular formula is C17H27N3O2S. The maximum atomic E-state index is 12.2. The van der Waals surface area contributed by atoms with Crippen LogP contribution in [0.1, 0.15) is 36.2 Å². The van der Waals surface area contributed by atoms with Gasteiger partial charge in [0.25, 0.3) is 0 Å². The van der Waals surface area contributed by atoms with Crippen LogP contribution in [0.15, 0.2) is 11.4 Å². The lowest BCUT2D eigenvalue weighted by Crippen LogP contribution is -2.44. The molecule has 1 aromatic heterocycles. The molecule has 2 amide bonds. The minimum absolute atomic E-state index is 0.0390. The lowest BCUT2D eigenvalue weighted by molar-refractivity contribution is 0.0319. The number of nitrogens with zero attached hydrogens (tertiary/aromatic N) is 1. The number of rotatable bonds is 5. The monoisotopic (exact) mass is 337 g/mol. The molecule has 0 unspecified atom stereocenters. The number of carbonyl (C=O) groups is 1. The van der Waals surface area contributed by atoms with Crippen molar-refractivity contribution in [3.8, 4) is 0 Å². The molecule has 2 atom stereocenters. The third-order valence-corrected chi connectivity index (χ3v) is 5.64. The van der Waals surface area contributed by atoms with Crippen molar-refractivity contribution in [1.29, 1.82) is 0 Å². The highest BCUT2D eigenvalue weighted by atomic mass is 32.1. The molecule has 1 aliphatic heterocycles. The molecule has 3 rings (SSSR count). The fourth-order valence-corrected chi connectivity index (χ4v) is 4.39. The summed E-state index contributed by atoms with van der Waals surface area (Å²) in [4.78, 5) is 16.0. The van der Waals surface area contributed by atoms with E-state index in [-0.39, 0.29) is 12.1 Å². The Morgan fingerprint density at radius 3 is 3.13 bits per heavy atom. The number of hydrogen-bond acceptors (Lipinski definition) is 4. The zero-order valence-corrected chi connectivity index (χ0v) is 14.7. The first-order chi connectivity index (χ1) is 11.2. The average Bonchev–Trinajstić information content (AvgIpc) is 3.04. The van der Waals surface area contributed by atoms with Gasteiger partial charge in [0.05, 0.1) is 19.3 Å². The number of ether oxygens (including phenoxy) is 1. The van der Waals surface area contributed by atoms with Gasteiger partial charge in [-0.1, -0.05) is 6.92 Å². The highest BCUT2D eigenvalue weighted by Crippen LogP contribution is 2.33. The Morgan fingerprint density at radius 1 is 1.48 bits per heavy atom. The standard InChI is InChI=1S/C17H27N3O2S/c1-13(12-20-6-8-22-9-7-20)11-18-17(21)19-15-3-2-4-16-14(15)5-10-23-16/h5,10,13,15H,2-4,6-9,11-12H2,1H3,(H2,18,19,21)/t13-,15+/m1/s1. The van der Waals surface area contributed by atoms with Crippen molar-refractivity contribution in [2.24, 2.45) is 5.92 Å². The molecule has 1 aliphatic carbocycles. The first kappa shape index (κ1) is 16.7. The number of amides is 2. The Kier molecular flexibility index (Phi) is 5.91. The molecule has 0 aromatic carbocycles. The molecule has 0 bridgehead atoms. The lowest BCUT2D eigenvalue weighted by atomic mass is 9.94. The van der Waals surface area contributed by atoms with Crippen LogP contribution in [0.4, 0.5) is 4.79 Å². The smallest absolute Gasteiger partial charge is 0.315 e. The maximum Gasteiger partial charge on any atom is 0.315 e. The number of thiophene rings is 1. The van der Waals surface area contributed by atoms with Crippen LogP contribution < -0.4 is 10.6 Å². The number of fused-ring (bicyclic) bond motifs is 1. The summed E-state index contributed by atoms with van der Waals surface area (Å²) in [5, 5.41) is 8.31. The fourth-order valence-electron chi connectivity index (χ4n) is 3.40. The van der Waals surface area contributed by atoms with Crippen molar-refractivity contribution >= 4 is 17.4 Å². The van der Waals surface area contributed by atoms with Crippen LogP contribution in [0.5, 0.6) is 0 Å². The molecule has 0 spiro atoms. The summed E-state index contributed by atoms with van der Waals surface area (Å²) in [6, 6.07) is 2.30. The molecule has 5 nitrogen and oxygen atoms in total. The van der Waals surface area contributed by atoms with E-state index >= 15 is 0 Å². The number of morpholine rings is 1. The second kappa shape index (κ2) is 8.13. The minimum Gasteiger partial charge on any atom is -0.379 e. The average molecular weight is 337 g/mol. The second-order valence-electron chi connectivity index (χ2n) is 6.62. The highest BCUT2D eigenvalue weighted by Gasteiger charge is 2.22. The summed E-state index contributed by atoms with van der Waals surface area (Å²) in [5.74, 6) is 0.446. The van der Waals surface area contributed by atoms with Gasteiger partial charge in [0.15, 0.2) is 0 Å². The molecule has 1 fully saturated rings. The van der Waals surface area contributed by atoms with Gasteiger partial charge in [-0.25, -0.2) is 4.79 Å². The van der Waals surface area contributed by atoms with Crippen LogP contribution >= 0.6 is 11.3 Å². The molecular weight excluding hydrogens is 310 g/mol. The van der Waals surface area contributed by atoms with Gasteiger partial charge in [0, 0.05) is 31.1 Å². The van der Waals surface area contributed by atoms with E-state index in [1.165, 1.54) is 10.4 Å². The first-order valence-electron chi connectivity index (χ1n) is 8.63. The molecule has 2 aliphatic rings. The van der Waals surface area contributed by atoms with Gasteiger partial charge in [-0.2, -0.15) is 0 Å². The van der Waals surface area contributed by atoms with Crippen molar-refractivity contribution in [1.82, 2.24) is 15.5 Å². The van der Waals surface area contributed by atoms with Crippen LogP contribution in [0, 0.1) is 5.92 Å². The largest absolute Gasteiger partial charge is 0.379 e. The maximum absolute atomic E-state index is 12.2. The molecule has 0 saturated carbocycles. The summed E-state index contributed by atoms with van der Waals surface area (Å²) in [5.41, 5.74) is 1.32. The molecule has 23 heavy (non-hydrogen) atoms. The molecule has 128 valence electrons. The molecule has 2 heterocycles. The summed E-state index contributed by atoms with van der Waals surface area (Å²) in [7, 11) is 0. The van der Waals surface area contributed by atoms with E-state index in [0.717, 1.165) is 52.1 Å². The van der Waals surface area contributed by atoms with E-state index in [2.05, 4.69) is 33.9 Å². The van der Waals surface area contributed by atoms with Gasteiger partial charge in [-0.05, 0) is 42.2 Å². The van der Waals surface area contributed by atoms with E-state index in [9.17, 15) is 4.79 Å². The fraction of sp³-hybridized carbons (Fsp3) is 0.706. The van der Waals surface area contributed by atoms with Gasteiger partial charge < -0.3 is 15.4 Å². The van der Waals surface area contributed by atoms with Crippen molar-refractivity contribution in [3.63, 3.8) is 0 Å². The van der Waals surface area contributed by atoms with E-state index in [4.69, 9.17) is 4.74 Å². The lowest BCUT2D eigenvalue weighted by Gasteiger charge is -2.29. The molecule has 0 radical (unpaired) electrons. The summed E-state index contributed by atoms with van der Waals surface area (Å²) >= 11 is 1.81. The summed E-state index contributed by atoms with van der Waals surface area (Å²) in [6.45, 7) is 7.57. The van der Waals surface area contributed by atoms with Gasteiger partial charge >= 0.3 is 6.03 Å². The summed E-state index contributed by atoms with van der Waals surface area (Å²) in [6.07, 6.45) is 3.36. The van der Waals surface area contributed by atoms with Crippen LogP contribution in [0.2, 0.25) is 0 Å². The van der Waals surface area contributed by atoms with Gasteiger partial charge in [-0.15, -0.1) is 11.3 Å². The Bertz CT molecular complexity index is 514. The van der Waals surface area contributed by atoms with E-state index < -0.39 is 0 Å². The van der Waals surface area contributed by atoms with Gasteiger partial charge in [-0.3, -0.25) is 4.90 Å². The SMILES string of the molecule is C[C@H](CNC(=O)N[C@H]1CCCc2sccc21)CN1CCOCC1. The van der Waals surface area contributed by atoms with E-state index in [0.29, 0.717) is 12.5 Å². The minimum atomic E-state index is -0.0390. The van der Waals surface area contributed by atoms with Crippen molar-refractivity contribution in [2.75, 3.05) is 39.4 Å². The molecule has 1 saturated heterocycles. The topological polar surface area (TPSA) is 53.6 Å². The third-order valence-electron chi connectivity index (χ3n) is 4.64. The number of urea groups is 1. The Hall–Kier alpha value is -1.11. The molecule has 1 aromatic rings. The predicted molar refractivity (Wildman–Crippen MR) is 93.0 cm³/mol. The Morgan fingerprint density at radius 2 is 2.30 bits per heavy atom. The van der Waals surface area contributed by atoms with Gasteiger partial charge in [0.2, 0.25) is 0 Å².